The van der Waals surface area contributed by atoms with Crippen LogP contribution in [0.25, 0.3) is 0 Å². The van der Waals surface area contributed by atoms with Crippen molar-refractivity contribution in [3.05, 3.63) is 59.9 Å². The Morgan fingerprint density at radius 1 is 1.20 bits per heavy atom. The fourth-order valence-corrected chi connectivity index (χ4v) is 5.73. The summed E-state index contributed by atoms with van der Waals surface area (Å²) in [6.07, 6.45) is 1.42. The highest BCUT2D eigenvalue weighted by molar-refractivity contribution is 14.1. The van der Waals surface area contributed by atoms with Gasteiger partial charge in [0.25, 0.3) is 5.91 Å². The standard InChI is InChI=1S/C26H25I2N5O7/c1-4-38-25(35)22-14(2)31-26(36)32-23(22)15-5-6-19(20(10-15)37-3)40-13-21(34)33-30-12-16-9-17(27)11-18(28)24(16)39-8-7-29/h5-6,9-12,23H,4,8,13H2,1-3H3,(H,33,34)(H2,31,32,36)/b30-12+/t23-/m1/s1. The van der Waals surface area contributed by atoms with Gasteiger partial charge < -0.3 is 29.6 Å². The lowest BCUT2D eigenvalue weighted by Gasteiger charge is -2.28. The van der Waals surface area contributed by atoms with Crippen LogP contribution in [0.3, 0.4) is 0 Å². The molecule has 1 heterocycles. The van der Waals surface area contributed by atoms with E-state index in [4.69, 9.17) is 24.2 Å². The number of halogens is 2. The third kappa shape index (κ3) is 7.97. The molecule has 0 saturated heterocycles. The third-order valence-electron chi connectivity index (χ3n) is 5.36. The van der Waals surface area contributed by atoms with E-state index in [0.717, 1.165) is 7.14 Å². The Morgan fingerprint density at radius 3 is 2.67 bits per heavy atom. The van der Waals surface area contributed by atoms with Crippen molar-refractivity contribution in [1.82, 2.24) is 16.1 Å². The van der Waals surface area contributed by atoms with E-state index in [9.17, 15) is 14.4 Å². The molecule has 14 heteroatoms. The zero-order valence-electron chi connectivity index (χ0n) is 21.7. The van der Waals surface area contributed by atoms with Gasteiger partial charge in [0.15, 0.2) is 24.7 Å². The van der Waals surface area contributed by atoms with Crippen LogP contribution in [-0.2, 0) is 14.3 Å². The van der Waals surface area contributed by atoms with Gasteiger partial charge in [0, 0.05) is 14.8 Å². The Hall–Kier alpha value is -3.59. The van der Waals surface area contributed by atoms with Crippen LogP contribution >= 0.6 is 45.2 Å². The molecule has 210 valence electrons. The quantitative estimate of drug-likeness (QED) is 0.135. The molecule has 12 nitrogen and oxygen atoms in total. The number of amides is 3. The third-order valence-corrected chi connectivity index (χ3v) is 6.78. The first-order chi connectivity index (χ1) is 19.2. The summed E-state index contributed by atoms with van der Waals surface area (Å²) in [6, 6.07) is 9.22. The van der Waals surface area contributed by atoms with Crippen molar-refractivity contribution in [2.75, 3.05) is 26.9 Å². The SMILES string of the molecule is CCOC(=O)C1=C(C)NC(=O)N[C@@H]1c1ccc(OCC(=O)N/N=C/c2cc(I)cc(I)c2OCC#N)c(OC)c1. The normalized spacial score (nSPS) is 14.6. The van der Waals surface area contributed by atoms with Crippen molar-refractivity contribution in [2.24, 2.45) is 5.10 Å². The molecule has 0 bridgehead atoms. The highest BCUT2D eigenvalue weighted by Crippen LogP contribution is 2.34. The van der Waals surface area contributed by atoms with E-state index < -0.39 is 23.9 Å². The van der Waals surface area contributed by atoms with E-state index >= 15 is 0 Å². The number of methoxy groups -OCH3 is 1. The summed E-state index contributed by atoms with van der Waals surface area (Å²) in [5.41, 5.74) is 4.19. The summed E-state index contributed by atoms with van der Waals surface area (Å²) in [5.74, 6) is -0.0463. The van der Waals surface area contributed by atoms with Gasteiger partial charge in [0.05, 0.1) is 35.1 Å². The minimum absolute atomic E-state index is 0.123. The first-order valence-electron chi connectivity index (χ1n) is 11.7. The minimum Gasteiger partial charge on any atom is -0.493 e. The van der Waals surface area contributed by atoms with Crippen LogP contribution in [0.1, 0.15) is 31.0 Å². The van der Waals surface area contributed by atoms with Crippen LogP contribution in [0.2, 0.25) is 0 Å². The first kappa shape index (κ1) is 30.9. The van der Waals surface area contributed by atoms with Crippen LogP contribution < -0.4 is 30.3 Å². The predicted octanol–water partition coefficient (Wildman–Crippen LogP) is 3.53. The average molecular weight is 773 g/mol. The Morgan fingerprint density at radius 2 is 1.98 bits per heavy atom. The number of allylic oxidation sites excluding steroid dienone is 1. The van der Waals surface area contributed by atoms with Crippen molar-refractivity contribution >= 4 is 69.3 Å². The van der Waals surface area contributed by atoms with E-state index in [1.165, 1.54) is 13.3 Å². The molecule has 3 N–H and O–H groups in total. The number of nitrogens with one attached hydrogen (secondary N) is 3. The number of benzene rings is 2. The maximum atomic E-state index is 12.6. The van der Waals surface area contributed by atoms with Gasteiger partial charge in [-0.15, -0.1) is 0 Å². The van der Waals surface area contributed by atoms with E-state index in [2.05, 4.69) is 66.3 Å². The molecule has 40 heavy (non-hydrogen) atoms. The summed E-state index contributed by atoms with van der Waals surface area (Å²) in [7, 11) is 1.43. The molecule has 3 rings (SSSR count). The molecule has 1 aliphatic heterocycles. The molecule has 3 amide bonds. The Labute approximate surface area is 257 Å². The van der Waals surface area contributed by atoms with Gasteiger partial charge in [-0.05, 0) is 88.9 Å². The van der Waals surface area contributed by atoms with E-state index in [-0.39, 0.29) is 36.9 Å². The largest absolute Gasteiger partial charge is 0.493 e. The number of rotatable bonds is 11. The number of nitriles is 1. The van der Waals surface area contributed by atoms with Crippen LogP contribution in [0.4, 0.5) is 4.79 Å². The summed E-state index contributed by atoms with van der Waals surface area (Å²) in [6.45, 7) is 3.00. The van der Waals surface area contributed by atoms with Gasteiger partial charge in [-0.3, -0.25) is 4.79 Å². The topological polar surface area (TPSA) is 160 Å². The molecule has 0 radical (unpaired) electrons. The molecule has 2 aromatic carbocycles. The van der Waals surface area contributed by atoms with Gasteiger partial charge >= 0.3 is 12.0 Å². The second kappa shape index (κ2) is 14.7. The first-order valence-corrected chi connectivity index (χ1v) is 13.9. The fourth-order valence-electron chi connectivity index (χ4n) is 3.69. The molecular weight excluding hydrogens is 748 g/mol. The molecule has 2 aromatic rings. The molecule has 0 saturated carbocycles. The number of hydrogen-bond acceptors (Lipinski definition) is 9. The highest BCUT2D eigenvalue weighted by Gasteiger charge is 2.32. The predicted molar refractivity (Wildman–Crippen MR) is 161 cm³/mol. The second-order valence-corrected chi connectivity index (χ2v) is 10.4. The molecule has 0 spiro atoms. The Bertz CT molecular complexity index is 1400. The molecular formula is C26H25I2N5O7. The zero-order valence-corrected chi connectivity index (χ0v) is 26.0. The van der Waals surface area contributed by atoms with Crippen molar-refractivity contribution < 1.29 is 33.3 Å². The highest BCUT2D eigenvalue weighted by atomic mass is 127. The number of ether oxygens (including phenoxy) is 4. The number of esters is 1. The van der Waals surface area contributed by atoms with Gasteiger partial charge in [0.1, 0.15) is 11.8 Å². The molecule has 0 aromatic heterocycles. The molecule has 0 fully saturated rings. The van der Waals surface area contributed by atoms with Gasteiger partial charge in [-0.2, -0.15) is 10.4 Å². The maximum absolute atomic E-state index is 12.6. The Balaban J connectivity index is 1.70. The van der Waals surface area contributed by atoms with E-state index in [0.29, 0.717) is 22.6 Å². The van der Waals surface area contributed by atoms with Gasteiger partial charge in [-0.25, -0.2) is 15.0 Å². The van der Waals surface area contributed by atoms with E-state index in [1.54, 1.807) is 32.0 Å². The van der Waals surface area contributed by atoms with Crippen LogP contribution in [0, 0.1) is 18.5 Å². The molecule has 0 aliphatic carbocycles. The number of carbonyl (C=O) groups excluding carboxylic acids is 3. The van der Waals surface area contributed by atoms with Crippen molar-refractivity contribution in [3.8, 4) is 23.3 Å². The minimum atomic E-state index is -0.778. The van der Waals surface area contributed by atoms with Crippen molar-refractivity contribution in [3.63, 3.8) is 0 Å². The molecule has 1 atom stereocenters. The second-order valence-electron chi connectivity index (χ2n) is 8.04. The Kier molecular flexibility index (Phi) is 11.4. The smallest absolute Gasteiger partial charge is 0.338 e. The molecule has 0 unspecified atom stereocenters. The zero-order chi connectivity index (χ0) is 29.2. The van der Waals surface area contributed by atoms with Gasteiger partial charge in [-0.1, -0.05) is 6.07 Å². The fraction of sp³-hybridized carbons (Fsp3) is 0.269. The lowest BCUT2D eigenvalue weighted by Crippen LogP contribution is -2.45. The average Bonchev–Trinajstić information content (AvgIpc) is 2.91. The van der Waals surface area contributed by atoms with Crippen LogP contribution in [0.15, 0.2) is 46.7 Å². The monoisotopic (exact) mass is 773 g/mol. The number of hydrazone groups is 1. The maximum Gasteiger partial charge on any atom is 0.338 e. The van der Waals surface area contributed by atoms with E-state index in [1.807, 2.05) is 18.2 Å². The van der Waals surface area contributed by atoms with Crippen LogP contribution in [0.5, 0.6) is 17.2 Å². The summed E-state index contributed by atoms with van der Waals surface area (Å²) < 4.78 is 23.4. The summed E-state index contributed by atoms with van der Waals surface area (Å²) in [4.78, 5) is 37.1. The van der Waals surface area contributed by atoms with Crippen LogP contribution in [-0.4, -0.2) is 51.1 Å². The number of carbonyl (C=O) groups is 3. The van der Waals surface area contributed by atoms with Crippen molar-refractivity contribution in [2.45, 2.75) is 19.9 Å². The van der Waals surface area contributed by atoms with Crippen molar-refractivity contribution in [1.29, 1.82) is 5.26 Å². The lowest BCUT2D eigenvalue weighted by atomic mass is 9.95. The summed E-state index contributed by atoms with van der Waals surface area (Å²) >= 11 is 4.25. The molecule has 1 aliphatic rings. The lowest BCUT2D eigenvalue weighted by molar-refractivity contribution is -0.139. The number of hydrogen-bond donors (Lipinski definition) is 3. The number of urea groups is 1. The number of nitrogens with zero attached hydrogens (tertiary/aromatic N) is 2. The van der Waals surface area contributed by atoms with Gasteiger partial charge in [0.2, 0.25) is 0 Å². The summed E-state index contributed by atoms with van der Waals surface area (Å²) in [5, 5.41) is 18.1.